The smallest absolute Gasteiger partial charge is 0.172 e. The molecule has 0 aliphatic rings. The summed E-state index contributed by atoms with van der Waals surface area (Å²) < 4.78 is 12.9. The topological polar surface area (TPSA) is 18.5 Å². The molecule has 0 aliphatic heterocycles. The van der Waals surface area contributed by atoms with E-state index in [2.05, 4.69) is 106 Å². The zero-order valence-electron chi connectivity index (χ0n) is 22.9. The van der Waals surface area contributed by atoms with Crippen LogP contribution in [0.5, 0.6) is 0 Å². The summed E-state index contributed by atoms with van der Waals surface area (Å²) in [5.74, 6) is 1.79. The van der Waals surface area contributed by atoms with Crippen molar-refractivity contribution < 1.29 is 9.47 Å². The van der Waals surface area contributed by atoms with Gasteiger partial charge >= 0.3 is 0 Å². The van der Waals surface area contributed by atoms with Crippen molar-refractivity contribution in [3.63, 3.8) is 0 Å². The van der Waals surface area contributed by atoms with Crippen LogP contribution in [0.2, 0.25) is 0 Å². The maximum absolute atomic E-state index is 6.43. The Morgan fingerprint density at radius 2 is 0.818 bits per heavy atom. The largest absolute Gasteiger partial charge is 0.384 e. The molecule has 0 saturated heterocycles. The van der Waals surface area contributed by atoms with Crippen molar-refractivity contribution in [1.82, 2.24) is 0 Å². The second-order valence-corrected chi connectivity index (χ2v) is 14.3. The molecule has 0 atom stereocenters. The van der Waals surface area contributed by atoms with E-state index >= 15 is 0 Å². The van der Waals surface area contributed by atoms with E-state index in [0.29, 0.717) is 23.7 Å². The summed E-state index contributed by atoms with van der Waals surface area (Å²) in [6, 6.07) is 14.0. The van der Waals surface area contributed by atoms with E-state index in [1.165, 1.54) is 22.3 Å². The van der Waals surface area contributed by atoms with Crippen molar-refractivity contribution in [2.24, 2.45) is 0 Å². The number of hydrogen-bond donors (Lipinski definition) is 0. The summed E-state index contributed by atoms with van der Waals surface area (Å²) in [5.41, 5.74) is 5.89. The van der Waals surface area contributed by atoms with E-state index in [-0.39, 0.29) is 0 Å². The fourth-order valence-electron chi connectivity index (χ4n) is 5.22. The standard InChI is InChI=1S/C30H48O2Si/c1-11-31-19-33(20-32-12-2,29-25(21(3)4)15-13-16-26(29)22(5)6)30-27(23(7)8)17-14-18-28(30)24(9)10/h13-18,21-24H,11-12,19-20H2,1-10H3. The van der Waals surface area contributed by atoms with Crippen LogP contribution in [0.3, 0.4) is 0 Å². The van der Waals surface area contributed by atoms with Crippen LogP contribution in [0.25, 0.3) is 0 Å². The molecule has 184 valence electrons. The highest BCUT2D eigenvalue weighted by atomic mass is 28.3. The monoisotopic (exact) mass is 468 g/mol. The number of hydrogen-bond acceptors (Lipinski definition) is 2. The van der Waals surface area contributed by atoms with Crippen molar-refractivity contribution in [2.45, 2.75) is 92.9 Å². The lowest BCUT2D eigenvalue weighted by molar-refractivity contribution is 0.166. The van der Waals surface area contributed by atoms with Gasteiger partial charge in [-0.1, -0.05) is 91.8 Å². The Morgan fingerprint density at radius 3 is 1.03 bits per heavy atom. The highest BCUT2D eigenvalue weighted by Gasteiger charge is 2.45. The molecule has 0 radical (unpaired) electrons. The highest BCUT2D eigenvalue weighted by molar-refractivity contribution is 7.03. The Balaban J connectivity index is 3.14. The molecule has 3 heteroatoms. The first-order valence-electron chi connectivity index (χ1n) is 13.0. The Morgan fingerprint density at radius 1 is 0.545 bits per heavy atom. The molecule has 0 bridgehead atoms. The first-order valence-corrected chi connectivity index (χ1v) is 15.5. The number of rotatable bonds is 12. The third-order valence-electron chi connectivity index (χ3n) is 6.81. The Bertz CT molecular complexity index is 757. The zero-order chi connectivity index (χ0) is 24.8. The highest BCUT2D eigenvalue weighted by Crippen LogP contribution is 2.29. The van der Waals surface area contributed by atoms with Crippen LogP contribution in [0.4, 0.5) is 0 Å². The summed E-state index contributed by atoms with van der Waals surface area (Å²) in [6.45, 7) is 24.4. The molecule has 0 saturated carbocycles. The zero-order valence-corrected chi connectivity index (χ0v) is 23.9. The third kappa shape index (κ3) is 5.99. The molecule has 2 nitrogen and oxygen atoms in total. The van der Waals surface area contributed by atoms with E-state index in [9.17, 15) is 0 Å². The Labute approximate surface area is 205 Å². The van der Waals surface area contributed by atoms with Crippen LogP contribution < -0.4 is 10.4 Å². The molecule has 0 amide bonds. The van der Waals surface area contributed by atoms with Gasteiger partial charge in [0.2, 0.25) is 0 Å². The van der Waals surface area contributed by atoms with Gasteiger partial charge in [-0.2, -0.15) is 0 Å². The molecule has 0 unspecified atom stereocenters. The molecular weight excluding hydrogens is 420 g/mol. The minimum atomic E-state index is -2.46. The van der Waals surface area contributed by atoms with Gasteiger partial charge in [-0.05, 0) is 70.1 Å². The van der Waals surface area contributed by atoms with Gasteiger partial charge in [0.05, 0.1) is 12.5 Å². The maximum Gasteiger partial charge on any atom is 0.172 e. The Hall–Kier alpha value is -1.42. The number of benzene rings is 2. The van der Waals surface area contributed by atoms with Gasteiger partial charge in [0.25, 0.3) is 0 Å². The van der Waals surface area contributed by atoms with Crippen LogP contribution in [0, 0.1) is 0 Å². The van der Waals surface area contributed by atoms with Crippen molar-refractivity contribution in [3.05, 3.63) is 58.7 Å². The molecule has 2 rings (SSSR count). The molecule has 0 heterocycles. The summed E-state index contributed by atoms with van der Waals surface area (Å²) in [7, 11) is -2.46. The lowest BCUT2D eigenvalue weighted by Gasteiger charge is -2.40. The van der Waals surface area contributed by atoms with E-state index in [1.54, 1.807) is 10.4 Å². The fraction of sp³-hybridized carbons (Fsp3) is 0.600. The molecule has 2 aromatic rings. The molecule has 0 N–H and O–H groups in total. The van der Waals surface area contributed by atoms with Gasteiger partial charge in [0.15, 0.2) is 8.07 Å². The lowest BCUT2D eigenvalue weighted by Crippen LogP contribution is -2.69. The predicted octanol–water partition coefficient (Wildman–Crippen LogP) is 6.89. The van der Waals surface area contributed by atoms with Crippen molar-refractivity contribution in [3.8, 4) is 0 Å². The van der Waals surface area contributed by atoms with Crippen LogP contribution in [-0.2, 0) is 9.47 Å². The molecule has 2 aromatic carbocycles. The van der Waals surface area contributed by atoms with Crippen LogP contribution in [0.15, 0.2) is 36.4 Å². The van der Waals surface area contributed by atoms with E-state index < -0.39 is 8.07 Å². The SMILES string of the molecule is CCOC[Si](COCC)(c1c(C(C)C)cccc1C(C)C)c1c(C(C)C)cccc1C(C)C. The van der Waals surface area contributed by atoms with Crippen molar-refractivity contribution in [2.75, 3.05) is 25.7 Å². The summed E-state index contributed by atoms with van der Waals surface area (Å²) in [4.78, 5) is 0. The van der Waals surface area contributed by atoms with Crippen LogP contribution >= 0.6 is 0 Å². The van der Waals surface area contributed by atoms with Crippen molar-refractivity contribution >= 4 is 18.4 Å². The summed E-state index contributed by atoms with van der Waals surface area (Å²) in [6.07, 6.45) is 1.52. The van der Waals surface area contributed by atoms with Gasteiger partial charge < -0.3 is 9.47 Å². The first-order chi connectivity index (χ1) is 15.6. The lowest BCUT2D eigenvalue weighted by atomic mass is 9.95. The molecule has 0 fully saturated rings. The molecular formula is C30H48O2Si. The van der Waals surface area contributed by atoms with Gasteiger partial charge in [0.1, 0.15) is 0 Å². The van der Waals surface area contributed by atoms with E-state index in [4.69, 9.17) is 9.47 Å². The normalized spacial score (nSPS) is 12.5. The second-order valence-electron chi connectivity index (χ2n) is 10.6. The minimum absolute atomic E-state index is 0.447. The van der Waals surface area contributed by atoms with Gasteiger partial charge in [-0.25, -0.2) is 0 Å². The Kier molecular flexibility index (Phi) is 10.4. The molecule has 33 heavy (non-hydrogen) atoms. The summed E-state index contributed by atoms with van der Waals surface area (Å²) >= 11 is 0. The van der Waals surface area contributed by atoms with E-state index in [1.807, 2.05) is 0 Å². The third-order valence-corrected chi connectivity index (χ3v) is 11.3. The average molecular weight is 469 g/mol. The van der Waals surface area contributed by atoms with Crippen LogP contribution in [-0.4, -0.2) is 33.7 Å². The minimum Gasteiger partial charge on any atom is -0.384 e. The molecule has 0 aliphatic carbocycles. The predicted molar refractivity (Wildman–Crippen MR) is 147 cm³/mol. The maximum atomic E-state index is 6.43. The average Bonchev–Trinajstić information content (AvgIpc) is 2.78. The van der Waals surface area contributed by atoms with E-state index in [0.717, 1.165) is 25.7 Å². The van der Waals surface area contributed by atoms with Gasteiger partial charge in [-0.3, -0.25) is 0 Å². The first kappa shape index (κ1) is 27.8. The van der Waals surface area contributed by atoms with Crippen molar-refractivity contribution in [1.29, 1.82) is 0 Å². The number of ether oxygens (including phenoxy) is 2. The van der Waals surface area contributed by atoms with Gasteiger partial charge in [0, 0.05) is 13.2 Å². The fourth-order valence-corrected chi connectivity index (χ4v) is 10.9. The summed E-state index contributed by atoms with van der Waals surface area (Å²) in [5, 5.41) is 3.12. The van der Waals surface area contributed by atoms with Gasteiger partial charge in [-0.15, -0.1) is 0 Å². The second kappa shape index (κ2) is 12.3. The quantitative estimate of drug-likeness (QED) is 0.316. The molecule has 0 aromatic heterocycles. The van der Waals surface area contributed by atoms with Crippen LogP contribution in [0.1, 0.15) is 115 Å². The molecule has 0 spiro atoms.